The molecule has 98 valence electrons. The first kappa shape index (κ1) is 14.0. The van der Waals surface area contributed by atoms with Crippen molar-refractivity contribution in [1.29, 1.82) is 0 Å². The number of benzene rings is 1. The van der Waals surface area contributed by atoms with E-state index in [1.807, 2.05) is 13.8 Å². The maximum Gasteiger partial charge on any atom is 0.338 e. The van der Waals surface area contributed by atoms with Crippen molar-refractivity contribution in [3.63, 3.8) is 0 Å². The monoisotopic (exact) mass is 250 g/mol. The minimum absolute atomic E-state index is 0.0730. The summed E-state index contributed by atoms with van der Waals surface area (Å²) >= 11 is 0. The van der Waals surface area contributed by atoms with Crippen LogP contribution in [0.2, 0.25) is 0 Å². The molecule has 1 aromatic rings. The number of anilines is 1. The maximum atomic E-state index is 11.4. The summed E-state index contributed by atoms with van der Waals surface area (Å²) in [7, 11) is 0. The largest absolute Gasteiger partial charge is 0.462 e. The number of urea groups is 1. The van der Waals surface area contributed by atoms with Gasteiger partial charge >= 0.3 is 12.0 Å². The van der Waals surface area contributed by atoms with Crippen LogP contribution < -0.4 is 10.6 Å². The van der Waals surface area contributed by atoms with Crippen molar-refractivity contribution in [2.75, 3.05) is 11.9 Å². The highest BCUT2D eigenvalue weighted by atomic mass is 16.5. The van der Waals surface area contributed by atoms with E-state index in [9.17, 15) is 9.59 Å². The lowest BCUT2D eigenvalue weighted by Crippen LogP contribution is -2.34. The van der Waals surface area contributed by atoms with E-state index in [4.69, 9.17) is 4.74 Å². The fourth-order valence-electron chi connectivity index (χ4n) is 1.33. The SMILES string of the molecule is CCOC(=O)c1ccc(NC(=O)NC(C)C)cc1. The predicted octanol–water partition coefficient (Wildman–Crippen LogP) is 2.39. The van der Waals surface area contributed by atoms with Crippen LogP contribution >= 0.6 is 0 Å². The van der Waals surface area contributed by atoms with E-state index in [1.54, 1.807) is 31.2 Å². The molecule has 5 heteroatoms. The molecule has 0 saturated heterocycles. The molecule has 0 unspecified atom stereocenters. The van der Waals surface area contributed by atoms with Crippen molar-refractivity contribution < 1.29 is 14.3 Å². The van der Waals surface area contributed by atoms with Gasteiger partial charge in [0, 0.05) is 11.7 Å². The minimum Gasteiger partial charge on any atom is -0.462 e. The molecule has 2 amide bonds. The first-order valence-corrected chi connectivity index (χ1v) is 5.87. The van der Waals surface area contributed by atoms with E-state index < -0.39 is 0 Å². The number of nitrogens with one attached hydrogen (secondary N) is 2. The molecule has 18 heavy (non-hydrogen) atoms. The third-order valence-corrected chi connectivity index (χ3v) is 2.07. The molecule has 2 N–H and O–H groups in total. The maximum absolute atomic E-state index is 11.4. The smallest absolute Gasteiger partial charge is 0.338 e. The van der Waals surface area contributed by atoms with E-state index in [-0.39, 0.29) is 18.0 Å². The fraction of sp³-hybridized carbons (Fsp3) is 0.385. The average molecular weight is 250 g/mol. The number of carbonyl (C=O) groups excluding carboxylic acids is 2. The second-order valence-electron chi connectivity index (χ2n) is 4.05. The number of amides is 2. The molecule has 1 rings (SSSR count). The average Bonchev–Trinajstić information content (AvgIpc) is 2.29. The molecule has 5 nitrogen and oxygen atoms in total. The minimum atomic E-state index is -0.365. The van der Waals surface area contributed by atoms with Crippen LogP contribution in [-0.4, -0.2) is 24.6 Å². The highest BCUT2D eigenvalue weighted by Gasteiger charge is 2.07. The zero-order valence-electron chi connectivity index (χ0n) is 10.8. The summed E-state index contributed by atoms with van der Waals surface area (Å²) in [6, 6.07) is 6.35. The number of ether oxygens (including phenoxy) is 1. The van der Waals surface area contributed by atoms with Gasteiger partial charge in [0.2, 0.25) is 0 Å². The van der Waals surface area contributed by atoms with Gasteiger partial charge in [-0.05, 0) is 45.0 Å². The van der Waals surface area contributed by atoms with E-state index in [0.29, 0.717) is 17.9 Å². The summed E-state index contributed by atoms with van der Waals surface area (Å²) in [4.78, 5) is 22.8. The summed E-state index contributed by atoms with van der Waals surface area (Å²) in [6.45, 7) is 5.85. The second kappa shape index (κ2) is 6.64. The number of carbonyl (C=O) groups is 2. The first-order valence-electron chi connectivity index (χ1n) is 5.87. The lowest BCUT2D eigenvalue weighted by atomic mass is 10.2. The molecule has 0 heterocycles. The standard InChI is InChI=1S/C13H18N2O3/c1-4-18-12(16)10-5-7-11(8-6-10)15-13(17)14-9(2)3/h5-9H,4H2,1-3H3,(H2,14,15,17). The van der Waals surface area contributed by atoms with Gasteiger partial charge in [-0.2, -0.15) is 0 Å². The first-order chi connectivity index (χ1) is 8.52. The molecule has 0 aliphatic rings. The number of rotatable bonds is 4. The van der Waals surface area contributed by atoms with Crippen molar-refractivity contribution in [2.24, 2.45) is 0 Å². The highest BCUT2D eigenvalue weighted by molar-refractivity contribution is 5.92. The van der Waals surface area contributed by atoms with Gasteiger partial charge in [0.25, 0.3) is 0 Å². The van der Waals surface area contributed by atoms with Gasteiger partial charge in [-0.1, -0.05) is 0 Å². The Labute approximate surface area is 107 Å². The van der Waals surface area contributed by atoms with E-state index in [1.165, 1.54) is 0 Å². The Morgan fingerprint density at radius 1 is 1.22 bits per heavy atom. The van der Waals surface area contributed by atoms with Crippen LogP contribution in [0.4, 0.5) is 10.5 Å². The molecule has 0 saturated carbocycles. The van der Waals surface area contributed by atoms with Gasteiger partial charge in [0.05, 0.1) is 12.2 Å². The van der Waals surface area contributed by atoms with Crippen molar-refractivity contribution >= 4 is 17.7 Å². The Morgan fingerprint density at radius 2 is 1.83 bits per heavy atom. The Hall–Kier alpha value is -2.04. The lowest BCUT2D eigenvalue weighted by Gasteiger charge is -2.10. The van der Waals surface area contributed by atoms with Crippen LogP contribution in [0.5, 0.6) is 0 Å². The Morgan fingerprint density at radius 3 is 2.33 bits per heavy atom. The molecule has 0 spiro atoms. The molecule has 0 aliphatic carbocycles. The molecule has 0 aliphatic heterocycles. The predicted molar refractivity (Wildman–Crippen MR) is 69.7 cm³/mol. The topological polar surface area (TPSA) is 67.4 Å². The Bertz CT molecular complexity index is 413. The second-order valence-corrected chi connectivity index (χ2v) is 4.05. The molecule has 0 bridgehead atoms. The van der Waals surface area contributed by atoms with Gasteiger partial charge in [-0.3, -0.25) is 0 Å². The quantitative estimate of drug-likeness (QED) is 0.806. The van der Waals surface area contributed by atoms with Gasteiger partial charge in [-0.15, -0.1) is 0 Å². The Balaban J connectivity index is 2.60. The van der Waals surface area contributed by atoms with Crippen LogP contribution in [0.3, 0.4) is 0 Å². The summed E-state index contributed by atoms with van der Waals surface area (Å²) < 4.78 is 4.86. The Kier molecular flexibility index (Phi) is 5.17. The van der Waals surface area contributed by atoms with Gasteiger partial charge in [0.1, 0.15) is 0 Å². The number of esters is 1. The number of hydrogen-bond donors (Lipinski definition) is 2. The van der Waals surface area contributed by atoms with Crippen molar-refractivity contribution in [3.8, 4) is 0 Å². The summed E-state index contributed by atoms with van der Waals surface area (Å²) in [5.74, 6) is -0.365. The zero-order valence-corrected chi connectivity index (χ0v) is 10.8. The van der Waals surface area contributed by atoms with Crippen molar-refractivity contribution in [2.45, 2.75) is 26.8 Å². The van der Waals surface area contributed by atoms with Crippen LogP contribution in [-0.2, 0) is 4.74 Å². The van der Waals surface area contributed by atoms with Crippen LogP contribution in [0.25, 0.3) is 0 Å². The molecule has 0 aromatic heterocycles. The van der Waals surface area contributed by atoms with E-state index in [0.717, 1.165) is 0 Å². The fourth-order valence-corrected chi connectivity index (χ4v) is 1.33. The normalized spacial score (nSPS) is 10.0. The molecule has 1 aromatic carbocycles. The highest BCUT2D eigenvalue weighted by Crippen LogP contribution is 2.10. The van der Waals surface area contributed by atoms with Gasteiger partial charge in [0.15, 0.2) is 0 Å². The summed E-state index contributed by atoms with van der Waals surface area (Å²) in [5, 5.41) is 5.38. The zero-order chi connectivity index (χ0) is 13.5. The number of hydrogen-bond acceptors (Lipinski definition) is 3. The van der Waals surface area contributed by atoms with E-state index >= 15 is 0 Å². The van der Waals surface area contributed by atoms with Gasteiger partial charge in [-0.25, -0.2) is 9.59 Å². The molecular formula is C13H18N2O3. The molecule has 0 fully saturated rings. The summed E-state index contributed by atoms with van der Waals surface area (Å²) in [5.41, 5.74) is 1.09. The van der Waals surface area contributed by atoms with Crippen LogP contribution in [0.1, 0.15) is 31.1 Å². The van der Waals surface area contributed by atoms with E-state index in [2.05, 4.69) is 10.6 Å². The van der Waals surface area contributed by atoms with Crippen molar-refractivity contribution in [3.05, 3.63) is 29.8 Å². The summed E-state index contributed by atoms with van der Waals surface area (Å²) in [6.07, 6.45) is 0. The molecule has 0 atom stereocenters. The molecule has 0 radical (unpaired) electrons. The van der Waals surface area contributed by atoms with Gasteiger partial charge < -0.3 is 15.4 Å². The third-order valence-electron chi connectivity index (χ3n) is 2.07. The molecular weight excluding hydrogens is 232 g/mol. The van der Waals surface area contributed by atoms with Crippen LogP contribution in [0.15, 0.2) is 24.3 Å². The van der Waals surface area contributed by atoms with Crippen molar-refractivity contribution in [1.82, 2.24) is 5.32 Å². The third kappa shape index (κ3) is 4.45. The lowest BCUT2D eigenvalue weighted by molar-refractivity contribution is 0.0526. The van der Waals surface area contributed by atoms with Crippen LogP contribution in [0, 0.1) is 0 Å².